The van der Waals surface area contributed by atoms with E-state index in [1.807, 2.05) is 6.07 Å². The van der Waals surface area contributed by atoms with Crippen molar-refractivity contribution in [1.29, 1.82) is 5.26 Å². The zero-order chi connectivity index (χ0) is 13.9. The second-order valence-electron chi connectivity index (χ2n) is 4.82. The lowest BCUT2D eigenvalue weighted by Crippen LogP contribution is -2.11. The molecule has 0 fully saturated rings. The fourth-order valence-corrected chi connectivity index (χ4v) is 2.51. The van der Waals surface area contributed by atoms with E-state index in [0.29, 0.717) is 22.9 Å². The number of fused-ring (bicyclic) bond motifs is 1. The summed E-state index contributed by atoms with van der Waals surface area (Å²) in [7, 11) is 0. The first-order valence-electron chi connectivity index (χ1n) is 6.61. The van der Waals surface area contributed by atoms with E-state index in [1.165, 1.54) is 24.7 Å². The molecule has 2 aromatic heterocycles. The fraction of sp³-hybridized carbons (Fsp3) is 0.357. The number of aromatic nitrogens is 3. The highest BCUT2D eigenvalue weighted by Gasteiger charge is 2.12. The smallest absolute Gasteiger partial charge is 0.127 e. The van der Waals surface area contributed by atoms with Crippen molar-refractivity contribution in [2.45, 2.75) is 32.4 Å². The molecule has 0 radical (unpaired) electrons. The summed E-state index contributed by atoms with van der Waals surface area (Å²) >= 11 is 5.85. The van der Waals surface area contributed by atoms with Crippen molar-refractivity contribution in [2.24, 2.45) is 0 Å². The first-order valence-corrected chi connectivity index (χ1v) is 6.99. The number of halogens is 1. The van der Waals surface area contributed by atoms with Gasteiger partial charge >= 0.3 is 0 Å². The predicted molar refractivity (Wildman–Crippen MR) is 76.5 cm³/mol. The van der Waals surface area contributed by atoms with Gasteiger partial charge in [-0.3, -0.25) is 4.68 Å². The Kier molecular flexibility index (Phi) is 3.57. The van der Waals surface area contributed by atoms with Gasteiger partial charge in [0.05, 0.1) is 22.8 Å². The maximum atomic E-state index is 8.93. The molecular weight excluding hydrogens is 274 g/mol. The Morgan fingerprint density at radius 1 is 1.40 bits per heavy atom. The molecule has 102 valence electrons. The maximum absolute atomic E-state index is 8.93. The SMILES string of the molecule is N#Cc1cc(NCc2cc3n(n2)CCCC3)ncc1Cl. The van der Waals surface area contributed by atoms with Crippen molar-refractivity contribution in [3.8, 4) is 6.07 Å². The summed E-state index contributed by atoms with van der Waals surface area (Å²) in [6.07, 6.45) is 5.03. The molecule has 0 unspecified atom stereocenters. The Balaban J connectivity index is 1.70. The van der Waals surface area contributed by atoms with Crippen LogP contribution in [0.1, 0.15) is 29.8 Å². The minimum atomic E-state index is 0.371. The van der Waals surface area contributed by atoms with Crippen molar-refractivity contribution >= 4 is 17.4 Å². The van der Waals surface area contributed by atoms with E-state index in [-0.39, 0.29) is 0 Å². The Morgan fingerprint density at radius 2 is 2.30 bits per heavy atom. The van der Waals surface area contributed by atoms with Gasteiger partial charge in [0.2, 0.25) is 0 Å². The lowest BCUT2D eigenvalue weighted by atomic mass is 10.1. The quantitative estimate of drug-likeness (QED) is 0.942. The molecule has 5 nitrogen and oxygen atoms in total. The number of hydrogen-bond donors (Lipinski definition) is 1. The predicted octanol–water partition coefficient (Wildman–Crippen LogP) is 2.75. The van der Waals surface area contributed by atoms with Crippen LogP contribution >= 0.6 is 11.6 Å². The molecule has 2 aromatic rings. The van der Waals surface area contributed by atoms with Crippen LogP contribution in [0.5, 0.6) is 0 Å². The van der Waals surface area contributed by atoms with E-state index in [0.717, 1.165) is 18.7 Å². The first-order chi connectivity index (χ1) is 9.76. The van der Waals surface area contributed by atoms with Crippen LogP contribution in [0.25, 0.3) is 0 Å². The van der Waals surface area contributed by atoms with Crippen LogP contribution in [-0.4, -0.2) is 14.8 Å². The molecule has 6 heteroatoms. The number of aryl methyl sites for hydroxylation is 2. The van der Waals surface area contributed by atoms with Crippen molar-refractivity contribution in [3.05, 3.63) is 40.3 Å². The van der Waals surface area contributed by atoms with Crippen LogP contribution in [0.15, 0.2) is 18.3 Å². The van der Waals surface area contributed by atoms with Gasteiger partial charge in [0.15, 0.2) is 0 Å². The molecule has 0 aromatic carbocycles. The normalized spacial score (nSPS) is 13.6. The summed E-state index contributed by atoms with van der Waals surface area (Å²) in [4.78, 5) is 4.16. The fourth-order valence-electron chi connectivity index (χ4n) is 2.37. The number of nitriles is 1. The monoisotopic (exact) mass is 287 g/mol. The van der Waals surface area contributed by atoms with Crippen LogP contribution in [-0.2, 0) is 19.5 Å². The average Bonchev–Trinajstić information content (AvgIpc) is 2.89. The van der Waals surface area contributed by atoms with E-state index >= 15 is 0 Å². The molecular formula is C14H14ClN5. The minimum absolute atomic E-state index is 0.371. The zero-order valence-electron chi connectivity index (χ0n) is 10.9. The molecule has 0 saturated carbocycles. The molecule has 0 bridgehead atoms. The molecule has 1 aliphatic heterocycles. The van der Waals surface area contributed by atoms with Crippen molar-refractivity contribution in [2.75, 3.05) is 5.32 Å². The topological polar surface area (TPSA) is 66.5 Å². The molecule has 0 amide bonds. The largest absolute Gasteiger partial charge is 0.364 e. The second-order valence-corrected chi connectivity index (χ2v) is 5.23. The third kappa shape index (κ3) is 2.61. The van der Waals surface area contributed by atoms with Gasteiger partial charge in [-0.05, 0) is 31.4 Å². The van der Waals surface area contributed by atoms with Gasteiger partial charge in [0, 0.05) is 18.4 Å². The Labute approximate surface area is 122 Å². The molecule has 0 saturated heterocycles. The van der Waals surface area contributed by atoms with Gasteiger partial charge < -0.3 is 5.32 Å². The van der Waals surface area contributed by atoms with E-state index in [1.54, 1.807) is 6.07 Å². The lowest BCUT2D eigenvalue weighted by molar-refractivity contribution is 0.484. The minimum Gasteiger partial charge on any atom is -0.364 e. The number of rotatable bonds is 3. The number of anilines is 1. The summed E-state index contributed by atoms with van der Waals surface area (Å²) in [5.41, 5.74) is 2.72. The van der Waals surface area contributed by atoms with E-state index in [2.05, 4.69) is 26.1 Å². The van der Waals surface area contributed by atoms with E-state index in [4.69, 9.17) is 16.9 Å². The molecule has 3 rings (SSSR count). The van der Waals surface area contributed by atoms with Crippen molar-refractivity contribution in [1.82, 2.24) is 14.8 Å². The number of hydrogen-bond acceptors (Lipinski definition) is 4. The molecule has 1 aliphatic rings. The summed E-state index contributed by atoms with van der Waals surface area (Å²) in [6, 6.07) is 5.83. The van der Waals surface area contributed by atoms with Gasteiger partial charge in [-0.25, -0.2) is 4.98 Å². The Bertz CT molecular complexity index is 647. The van der Waals surface area contributed by atoms with Gasteiger partial charge in [-0.1, -0.05) is 11.6 Å². The molecule has 20 heavy (non-hydrogen) atoms. The Hall–Kier alpha value is -2.06. The standard InChI is InChI=1S/C14H14ClN5/c15-13-9-18-14(5-10(13)7-16)17-8-11-6-12-3-1-2-4-20(12)19-11/h5-6,9H,1-4,8H2,(H,17,18). The van der Waals surface area contributed by atoms with Gasteiger partial charge in [0.25, 0.3) is 0 Å². The first kappa shape index (κ1) is 12.9. The lowest BCUT2D eigenvalue weighted by Gasteiger charge is -2.11. The highest BCUT2D eigenvalue weighted by Crippen LogP contribution is 2.18. The van der Waals surface area contributed by atoms with Crippen molar-refractivity contribution in [3.63, 3.8) is 0 Å². The van der Waals surface area contributed by atoms with E-state index < -0.39 is 0 Å². The molecule has 3 heterocycles. The molecule has 0 aliphatic carbocycles. The van der Waals surface area contributed by atoms with Crippen LogP contribution in [0, 0.1) is 11.3 Å². The summed E-state index contributed by atoms with van der Waals surface area (Å²) in [5.74, 6) is 0.636. The second kappa shape index (κ2) is 5.51. The highest BCUT2D eigenvalue weighted by molar-refractivity contribution is 6.31. The van der Waals surface area contributed by atoms with E-state index in [9.17, 15) is 0 Å². The van der Waals surface area contributed by atoms with Gasteiger partial charge in [-0.15, -0.1) is 0 Å². The highest BCUT2D eigenvalue weighted by atomic mass is 35.5. The summed E-state index contributed by atoms with van der Waals surface area (Å²) in [6.45, 7) is 1.60. The number of pyridine rings is 1. The van der Waals surface area contributed by atoms with Crippen LogP contribution in [0.2, 0.25) is 5.02 Å². The van der Waals surface area contributed by atoms with Gasteiger partial charge in [-0.2, -0.15) is 10.4 Å². The number of nitrogens with one attached hydrogen (secondary N) is 1. The average molecular weight is 288 g/mol. The van der Waals surface area contributed by atoms with Crippen molar-refractivity contribution < 1.29 is 0 Å². The summed E-state index contributed by atoms with van der Waals surface area (Å²) in [5, 5.41) is 17.0. The summed E-state index contributed by atoms with van der Waals surface area (Å²) < 4.78 is 2.08. The van der Waals surface area contributed by atoms with Crippen LogP contribution in [0.3, 0.4) is 0 Å². The van der Waals surface area contributed by atoms with Crippen LogP contribution in [0.4, 0.5) is 5.82 Å². The third-order valence-corrected chi connectivity index (χ3v) is 3.69. The molecule has 1 N–H and O–H groups in total. The molecule has 0 spiro atoms. The zero-order valence-corrected chi connectivity index (χ0v) is 11.7. The van der Waals surface area contributed by atoms with Crippen LogP contribution < -0.4 is 5.32 Å². The van der Waals surface area contributed by atoms with Gasteiger partial charge in [0.1, 0.15) is 11.9 Å². The number of nitrogens with zero attached hydrogens (tertiary/aromatic N) is 4. The maximum Gasteiger partial charge on any atom is 0.127 e. The molecule has 0 atom stereocenters. The third-order valence-electron chi connectivity index (χ3n) is 3.39. The Morgan fingerprint density at radius 3 is 3.10 bits per heavy atom.